The lowest BCUT2D eigenvalue weighted by Gasteiger charge is -2.28. The van der Waals surface area contributed by atoms with E-state index in [4.69, 9.17) is 11.6 Å². The first-order valence-electron chi connectivity index (χ1n) is 6.44. The van der Waals surface area contributed by atoms with Gasteiger partial charge in [-0.05, 0) is 37.0 Å². The Morgan fingerprint density at radius 1 is 1.39 bits per heavy atom. The zero-order valence-electron chi connectivity index (χ0n) is 10.6. The van der Waals surface area contributed by atoms with Crippen molar-refractivity contribution in [3.05, 3.63) is 35.1 Å². The van der Waals surface area contributed by atoms with Gasteiger partial charge in [0.25, 0.3) is 0 Å². The fourth-order valence-corrected chi connectivity index (χ4v) is 3.28. The normalized spacial score (nSPS) is 19.2. The third kappa shape index (κ3) is 2.28. The summed E-state index contributed by atoms with van der Waals surface area (Å²) in [5, 5.41) is 10.2. The first-order valence-corrected chi connectivity index (χ1v) is 6.82. The number of nitrogens with zero attached hydrogens (tertiary/aromatic N) is 2. The van der Waals surface area contributed by atoms with Crippen molar-refractivity contribution in [2.24, 2.45) is 5.41 Å². The summed E-state index contributed by atoms with van der Waals surface area (Å²) in [6.45, 7) is 2.16. The monoisotopic (exact) mass is 260 g/mol. The highest BCUT2D eigenvalue weighted by molar-refractivity contribution is 6.34. The molecule has 1 aliphatic rings. The molecule has 18 heavy (non-hydrogen) atoms. The molecular weight excluding hydrogens is 244 g/mol. The van der Waals surface area contributed by atoms with Gasteiger partial charge in [-0.1, -0.05) is 31.4 Å². The molecule has 0 radical (unpaired) electrons. The molecule has 0 spiro atoms. The molecule has 2 rings (SSSR count). The molecule has 94 valence electrons. The van der Waals surface area contributed by atoms with Crippen LogP contribution in [0.1, 0.15) is 44.6 Å². The van der Waals surface area contributed by atoms with Crippen molar-refractivity contribution in [2.75, 3.05) is 0 Å². The molecule has 1 saturated carbocycles. The van der Waals surface area contributed by atoms with Gasteiger partial charge in [-0.15, -0.1) is 0 Å². The van der Waals surface area contributed by atoms with E-state index in [-0.39, 0.29) is 5.41 Å². The first-order chi connectivity index (χ1) is 8.73. The number of halogens is 1. The molecule has 1 aliphatic carbocycles. The molecule has 0 aromatic carbocycles. The number of rotatable bonds is 3. The highest BCUT2D eigenvalue weighted by Crippen LogP contribution is 2.50. The van der Waals surface area contributed by atoms with Crippen LogP contribution in [0, 0.1) is 16.7 Å². The Kier molecular flexibility index (Phi) is 4.04. The molecule has 1 fully saturated rings. The van der Waals surface area contributed by atoms with E-state index < -0.39 is 0 Å². The number of nitriles is 1. The van der Waals surface area contributed by atoms with Gasteiger partial charge < -0.3 is 0 Å². The van der Waals surface area contributed by atoms with E-state index in [1.54, 1.807) is 12.4 Å². The predicted octanol–water partition coefficient (Wildman–Crippen LogP) is 4.53. The smallest absolute Gasteiger partial charge is 0.101 e. The lowest BCUT2D eigenvalue weighted by atomic mass is 9.80. The number of allylic oxidation sites excluding steroid dienone is 2. The molecular formula is C15H17ClN2. The lowest BCUT2D eigenvalue weighted by molar-refractivity contribution is 0.373. The summed E-state index contributed by atoms with van der Waals surface area (Å²) < 4.78 is 0. The van der Waals surface area contributed by atoms with Gasteiger partial charge in [-0.3, -0.25) is 4.98 Å². The van der Waals surface area contributed by atoms with Gasteiger partial charge in [0.05, 0.1) is 5.57 Å². The van der Waals surface area contributed by atoms with Crippen LogP contribution in [0.3, 0.4) is 0 Å². The molecule has 0 atom stereocenters. The molecule has 0 aliphatic heterocycles. The van der Waals surface area contributed by atoms with Crippen LogP contribution in [-0.4, -0.2) is 4.98 Å². The Morgan fingerprint density at radius 3 is 2.50 bits per heavy atom. The highest BCUT2D eigenvalue weighted by Gasteiger charge is 2.37. The number of aromatic nitrogens is 1. The summed E-state index contributed by atoms with van der Waals surface area (Å²) in [5.41, 5.74) is 1.51. The molecule has 1 aromatic rings. The van der Waals surface area contributed by atoms with Crippen molar-refractivity contribution in [1.29, 1.82) is 5.26 Å². The van der Waals surface area contributed by atoms with Gasteiger partial charge in [0, 0.05) is 22.8 Å². The Balaban J connectivity index is 2.47. The highest BCUT2D eigenvalue weighted by atomic mass is 35.5. The van der Waals surface area contributed by atoms with E-state index in [2.05, 4.69) is 18.0 Å². The van der Waals surface area contributed by atoms with Gasteiger partial charge in [-0.2, -0.15) is 5.26 Å². The van der Waals surface area contributed by atoms with Crippen LogP contribution in [-0.2, 0) is 0 Å². The van der Waals surface area contributed by atoms with E-state index >= 15 is 0 Å². The van der Waals surface area contributed by atoms with E-state index in [9.17, 15) is 5.26 Å². The molecule has 0 unspecified atom stereocenters. The van der Waals surface area contributed by atoms with Crippen molar-refractivity contribution in [1.82, 2.24) is 4.98 Å². The Labute approximate surface area is 113 Å². The predicted molar refractivity (Wildman–Crippen MR) is 73.8 cm³/mol. The van der Waals surface area contributed by atoms with Crippen LogP contribution in [0.15, 0.2) is 29.6 Å². The standard InChI is InChI=1S/C15H17ClN2/c1-2-15(7-3-4-8-15)14(16)13(11-17)12-5-9-18-10-6-12/h5-6,9-10H,2-4,7-8H2,1H3/b14-13+. The van der Waals surface area contributed by atoms with Crippen LogP contribution in [0.4, 0.5) is 0 Å². The van der Waals surface area contributed by atoms with E-state index in [1.165, 1.54) is 12.8 Å². The summed E-state index contributed by atoms with van der Waals surface area (Å²) in [4.78, 5) is 3.98. The maximum atomic E-state index is 9.41. The minimum absolute atomic E-state index is 0.0237. The average molecular weight is 261 g/mol. The molecule has 2 nitrogen and oxygen atoms in total. The summed E-state index contributed by atoms with van der Waals surface area (Å²) in [6, 6.07) is 5.97. The summed E-state index contributed by atoms with van der Waals surface area (Å²) in [5.74, 6) is 0. The second-order valence-electron chi connectivity index (χ2n) is 4.88. The van der Waals surface area contributed by atoms with E-state index in [1.807, 2.05) is 12.1 Å². The van der Waals surface area contributed by atoms with Crippen LogP contribution in [0.5, 0.6) is 0 Å². The topological polar surface area (TPSA) is 36.7 Å². The zero-order chi connectivity index (χ0) is 13.0. The summed E-state index contributed by atoms with van der Waals surface area (Å²) >= 11 is 6.58. The summed E-state index contributed by atoms with van der Waals surface area (Å²) in [7, 11) is 0. The first kappa shape index (κ1) is 13.1. The fourth-order valence-electron chi connectivity index (χ4n) is 2.80. The third-order valence-corrected chi connectivity index (χ3v) is 4.59. The average Bonchev–Trinajstić information content (AvgIpc) is 2.91. The van der Waals surface area contributed by atoms with Gasteiger partial charge in [0.1, 0.15) is 6.07 Å². The maximum absolute atomic E-state index is 9.41. The Morgan fingerprint density at radius 2 is 2.00 bits per heavy atom. The second-order valence-corrected chi connectivity index (χ2v) is 5.26. The minimum Gasteiger partial charge on any atom is -0.265 e. The third-order valence-electron chi connectivity index (χ3n) is 4.00. The molecule has 0 bridgehead atoms. The van der Waals surface area contributed by atoms with Crippen LogP contribution in [0.25, 0.3) is 5.57 Å². The van der Waals surface area contributed by atoms with Gasteiger partial charge in [-0.25, -0.2) is 0 Å². The molecule has 0 amide bonds. The summed E-state index contributed by atoms with van der Waals surface area (Å²) in [6.07, 6.45) is 9.01. The number of pyridine rings is 1. The van der Waals surface area contributed by atoms with Gasteiger partial charge >= 0.3 is 0 Å². The van der Waals surface area contributed by atoms with Gasteiger partial charge in [0.15, 0.2) is 0 Å². The number of hydrogen-bond donors (Lipinski definition) is 0. The SMILES string of the molecule is CCC1(/C(Cl)=C(/C#N)c2ccncc2)CCCC1. The van der Waals surface area contributed by atoms with Crippen molar-refractivity contribution in [3.63, 3.8) is 0 Å². The zero-order valence-corrected chi connectivity index (χ0v) is 11.4. The largest absolute Gasteiger partial charge is 0.265 e. The van der Waals surface area contributed by atoms with Crippen LogP contribution in [0.2, 0.25) is 0 Å². The van der Waals surface area contributed by atoms with Crippen LogP contribution >= 0.6 is 11.6 Å². The van der Waals surface area contributed by atoms with Gasteiger partial charge in [0.2, 0.25) is 0 Å². The molecule has 0 saturated heterocycles. The molecule has 1 aromatic heterocycles. The molecule has 3 heteroatoms. The second kappa shape index (κ2) is 5.54. The molecule has 0 N–H and O–H groups in total. The molecule has 1 heterocycles. The van der Waals surface area contributed by atoms with Crippen molar-refractivity contribution >= 4 is 17.2 Å². The van der Waals surface area contributed by atoms with Crippen LogP contribution < -0.4 is 0 Å². The number of hydrogen-bond acceptors (Lipinski definition) is 2. The Bertz CT molecular complexity index is 479. The van der Waals surface area contributed by atoms with Crippen molar-refractivity contribution in [3.8, 4) is 6.07 Å². The van der Waals surface area contributed by atoms with Crippen molar-refractivity contribution in [2.45, 2.75) is 39.0 Å². The van der Waals surface area contributed by atoms with E-state index in [0.717, 1.165) is 29.9 Å². The Hall–Kier alpha value is -1.33. The fraction of sp³-hybridized carbons (Fsp3) is 0.467. The van der Waals surface area contributed by atoms with E-state index in [0.29, 0.717) is 5.57 Å². The van der Waals surface area contributed by atoms with Crippen molar-refractivity contribution < 1.29 is 0 Å². The minimum atomic E-state index is 0.0237. The lowest BCUT2D eigenvalue weighted by Crippen LogP contribution is -2.16. The maximum Gasteiger partial charge on any atom is 0.101 e. The quantitative estimate of drug-likeness (QED) is 0.749.